The van der Waals surface area contributed by atoms with Gasteiger partial charge in [-0.15, -0.1) is 11.8 Å². The van der Waals surface area contributed by atoms with E-state index in [-0.39, 0.29) is 4.75 Å². The van der Waals surface area contributed by atoms with Gasteiger partial charge < -0.3 is 4.79 Å². The second-order valence-corrected chi connectivity index (χ2v) is 5.36. The van der Waals surface area contributed by atoms with Crippen molar-refractivity contribution in [2.75, 3.05) is 5.75 Å². The van der Waals surface area contributed by atoms with Gasteiger partial charge in [0.1, 0.15) is 6.29 Å². The van der Waals surface area contributed by atoms with E-state index in [2.05, 4.69) is 13.8 Å². The Bertz CT molecular complexity index is 150. The van der Waals surface area contributed by atoms with Gasteiger partial charge in [0.05, 0.1) is 4.75 Å². The van der Waals surface area contributed by atoms with Crippen LogP contribution in [0.25, 0.3) is 0 Å². The Morgan fingerprint density at radius 3 is 2.83 bits per heavy atom. The number of carbonyl (C=O) groups is 1. The standard InChI is InChI=1S/C10H18OS/c1-3-9(2)7-10(8-11)5-4-6-12-10/h8-9H,3-7H2,1-2H3. The van der Waals surface area contributed by atoms with Crippen LogP contribution >= 0.6 is 11.8 Å². The van der Waals surface area contributed by atoms with Crippen molar-refractivity contribution < 1.29 is 4.79 Å². The molecule has 1 saturated heterocycles. The molecule has 2 atom stereocenters. The predicted octanol–water partition coefficient (Wildman–Crippen LogP) is 2.89. The van der Waals surface area contributed by atoms with Gasteiger partial charge in [-0.25, -0.2) is 0 Å². The molecule has 0 amide bonds. The Kier molecular flexibility index (Phi) is 3.63. The third kappa shape index (κ3) is 2.25. The molecule has 1 heterocycles. The van der Waals surface area contributed by atoms with Crippen molar-refractivity contribution in [3.05, 3.63) is 0 Å². The van der Waals surface area contributed by atoms with Crippen LogP contribution in [0.4, 0.5) is 0 Å². The third-order valence-corrected chi connectivity index (χ3v) is 4.27. The molecule has 2 unspecified atom stereocenters. The summed E-state index contributed by atoms with van der Waals surface area (Å²) in [5, 5.41) is 0. The van der Waals surface area contributed by atoms with Gasteiger partial charge >= 0.3 is 0 Å². The molecule has 0 spiro atoms. The highest BCUT2D eigenvalue weighted by molar-refractivity contribution is 8.01. The van der Waals surface area contributed by atoms with E-state index in [0.29, 0.717) is 5.92 Å². The first kappa shape index (κ1) is 10.1. The van der Waals surface area contributed by atoms with Gasteiger partial charge in [0.15, 0.2) is 0 Å². The van der Waals surface area contributed by atoms with Crippen LogP contribution in [0.3, 0.4) is 0 Å². The lowest BCUT2D eigenvalue weighted by atomic mass is 9.91. The van der Waals surface area contributed by atoms with Crippen molar-refractivity contribution in [2.45, 2.75) is 44.3 Å². The van der Waals surface area contributed by atoms with E-state index in [1.807, 2.05) is 11.8 Å². The van der Waals surface area contributed by atoms with Crippen LogP contribution in [0.5, 0.6) is 0 Å². The summed E-state index contributed by atoms with van der Waals surface area (Å²) >= 11 is 1.87. The molecule has 1 nitrogen and oxygen atoms in total. The minimum absolute atomic E-state index is 0.00454. The number of hydrogen-bond acceptors (Lipinski definition) is 2. The maximum atomic E-state index is 11.0. The first-order chi connectivity index (χ1) is 5.72. The predicted molar refractivity (Wildman–Crippen MR) is 54.6 cm³/mol. The van der Waals surface area contributed by atoms with Crippen LogP contribution < -0.4 is 0 Å². The molecule has 1 aliphatic heterocycles. The Morgan fingerprint density at radius 1 is 1.67 bits per heavy atom. The van der Waals surface area contributed by atoms with E-state index < -0.39 is 0 Å². The van der Waals surface area contributed by atoms with E-state index in [9.17, 15) is 4.79 Å². The Hall–Kier alpha value is 0.0200. The highest BCUT2D eigenvalue weighted by Gasteiger charge is 2.35. The minimum atomic E-state index is -0.00454. The molecule has 12 heavy (non-hydrogen) atoms. The summed E-state index contributed by atoms with van der Waals surface area (Å²) in [7, 11) is 0. The van der Waals surface area contributed by atoms with Gasteiger partial charge in [-0.2, -0.15) is 0 Å². The van der Waals surface area contributed by atoms with Crippen LogP contribution in [0.2, 0.25) is 0 Å². The second-order valence-electron chi connectivity index (χ2n) is 3.85. The molecule has 1 rings (SSSR count). The lowest BCUT2D eigenvalue weighted by Crippen LogP contribution is -2.25. The van der Waals surface area contributed by atoms with Gasteiger partial charge in [0, 0.05) is 0 Å². The topological polar surface area (TPSA) is 17.1 Å². The highest BCUT2D eigenvalue weighted by atomic mass is 32.2. The van der Waals surface area contributed by atoms with Crippen LogP contribution in [-0.2, 0) is 4.79 Å². The van der Waals surface area contributed by atoms with Gasteiger partial charge in [-0.3, -0.25) is 0 Å². The average molecular weight is 186 g/mol. The first-order valence-corrected chi connectivity index (χ1v) is 5.81. The molecule has 0 radical (unpaired) electrons. The van der Waals surface area contributed by atoms with Gasteiger partial charge in [-0.05, 0) is 30.9 Å². The fourth-order valence-electron chi connectivity index (χ4n) is 1.76. The smallest absolute Gasteiger partial charge is 0.136 e. The molecule has 0 saturated carbocycles. The maximum Gasteiger partial charge on any atom is 0.136 e. The number of carbonyl (C=O) groups excluding carboxylic acids is 1. The fourth-order valence-corrected chi connectivity index (χ4v) is 3.21. The summed E-state index contributed by atoms with van der Waals surface area (Å²) in [6.45, 7) is 4.44. The van der Waals surface area contributed by atoms with Gasteiger partial charge in [0.2, 0.25) is 0 Å². The molecule has 0 aromatic carbocycles. The van der Waals surface area contributed by atoms with Gasteiger partial charge in [-0.1, -0.05) is 20.3 Å². The Morgan fingerprint density at radius 2 is 2.42 bits per heavy atom. The zero-order chi connectivity index (χ0) is 9.03. The molecular weight excluding hydrogens is 168 g/mol. The number of thioether (sulfide) groups is 1. The Labute approximate surface area is 79.3 Å². The zero-order valence-corrected chi connectivity index (χ0v) is 8.82. The number of hydrogen-bond donors (Lipinski definition) is 0. The summed E-state index contributed by atoms with van der Waals surface area (Å²) in [5.41, 5.74) is 0. The van der Waals surface area contributed by atoms with Crippen molar-refractivity contribution in [1.82, 2.24) is 0 Å². The normalized spacial score (nSPS) is 31.8. The van der Waals surface area contributed by atoms with E-state index >= 15 is 0 Å². The van der Waals surface area contributed by atoms with Crippen LogP contribution in [0.15, 0.2) is 0 Å². The quantitative estimate of drug-likeness (QED) is 0.628. The molecule has 70 valence electrons. The highest BCUT2D eigenvalue weighted by Crippen LogP contribution is 2.41. The van der Waals surface area contributed by atoms with E-state index in [1.165, 1.54) is 24.9 Å². The van der Waals surface area contributed by atoms with Gasteiger partial charge in [0.25, 0.3) is 0 Å². The summed E-state index contributed by atoms with van der Waals surface area (Å²) < 4.78 is -0.00454. The summed E-state index contributed by atoms with van der Waals surface area (Å²) in [6.07, 6.45) is 5.79. The van der Waals surface area contributed by atoms with Crippen molar-refractivity contribution in [3.8, 4) is 0 Å². The largest absolute Gasteiger partial charge is 0.302 e. The van der Waals surface area contributed by atoms with Crippen molar-refractivity contribution >= 4 is 18.0 Å². The van der Waals surface area contributed by atoms with Crippen molar-refractivity contribution in [3.63, 3.8) is 0 Å². The van der Waals surface area contributed by atoms with Crippen LogP contribution in [0.1, 0.15) is 39.5 Å². The first-order valence-electron chi connectivity index (χ1n) is 4.83. The molecule has 0 aromatic heterocycles. The van der Waals surface area contributed by atoms with Crippen molar-refractivity contribution in [1.29, 1.82) is 0 Å². The average Bonchev–Trinajstić information content (AvgIpc) is 2.54. The molecule has 2 heteroatoms. The van der Waals surface area contributed by atoms with E-state index in [0.717, 1.165) is 12.8 Å². The summed E-state index contributed by atoms with van der Waals surface area (Å²) in [4.78, 5) is 11.0. The third-order valence-electron chi connectivity index (χ3n) is 2.74. The number of aldehydes is 1. The zero-order valence-electron chi connectivity index (χ0n) is 8.01. The second kappa shape index (κ2) is 4.31. The van der Waals surface area contributed by atoms with Crippen LogP contribution in [-0.4, -0.2) is 16.8 Å². The molecule has 0 N–H and O–H groups in total. The van der Waals surface area contributed by atoms with E-state index in [4.69, 9.17) is 0 Å². The monoisotopic (exact) mass is 186 g/mol. The lowest BCUT2D eigenvalue weighted by molar-refractivity contribution is -0.110. The minimum Gasteiger partial charge on any atom is -0.302 e. The summed E-state index contributed by atoms with van der Waals surface area (Å²) in [5.74, 6) is 1.87. The lowest BCUT2D eigenvalue weighted by Gasteiger charge is -2.24. The number of rotatable bonds is 4. The summed E-state index contributed by atoms with van der Waals surface area (Å²) in [6, 6.07) is 0. The van der Waals surface area contributed by atoms with Crippen LogP contribution in [0, 0.1) is 5.92 Å². The molecule has 0 aliphatic carbocycles. The molecule has 0 bridgehead atoms. The van der Waals surface area contributed by atoms with E-state index in [1.54, 1.807) is 0 Å². The molecule has 1 fully saturated rings. The van der Waals surface area contributed by atoms with Crippen molar-refractivity contribution in [2.24, 2.45) is 5.92 Å². The Balaban J connectivity index is 2.49. The SMILES string of the molecule is CCC(C)CC1(C=O)CCCS1. The molecular formula is C10H18OS. The fraction of sp³-hybridized carbons (Fsp3) is 0.900. The molecule has 0 aromatic rings. The molecule has 1 aliphatic rings. The maximum absolute atomic E-state index is 11.0.